The molecular formula is C11H10Cl2N2O3. The summed E-state index contributed by atoms with van der Waals surface area (Å²) in [5, 5.41) is 0. The standard InChI is InChI=1S/C11H10Cl2N2O3/c1-11(12,13)18-10(16)9(15-14)7-4-3-5-8(6-7)17-2/h3-6H,1-2H3. The van der Waals surface area contributed by atoms with Gasteiger partial charge in [-0.15, -0.1) is 0 Å². The van der Waals surface area contributed by atoms with Crippen molar-refractivity contribution in [2.45, 2.75) is 11.4 Å². The molecule has 0 aliphatic carbocycles. The highest BCUT2D eigenvalue weighted by atomic mass is 35.5. The van der Waals surface area contributed by atoms with Gasteiger partial charge in [-0.05, 0) is 18.2 Å². The minimum absolute atomic E-state index is 0.318. The molecule has 96 valence electrons. The summed E-state index contributed by atoms with van der Waals surface area (Å²) in [5.41, 5.74) is 8.87. The maximum Gasteiger partial charge on any atom is 0.424 e. The summed E-state index contributed by atoms with van der Waals surface area (Å²) >= 11 is 11.1. The molecule has 1 aromatic carbocycles. The van der Waals surface area contributed by atoms with Crippen LogP contribution in [0.15, 0.2) is 24.3 Å². The number of rotatable bonds is 4. The Morgan fingerprint density at radius 1 is 1.44 bits per heavy atom. The third-order valence-electron chi connectivity index (χ3n) is 1.91. The Kier molecular flexibility index (Phi) is 4.73. The van der Waals surface area contributed by atoms with E-state index >= 15 is 0 Å². The second-order valence-corrected chi connectivity index (χ2v) is 5.01. The van der Waals surface area contributed by atoms with Gasteiger partial charge >= 0.3 is 11.7 Å². The third-order valence-corrected chi connectivity index (χ3v) is 2.06. The van der Waals surface area contributed by atoms with Crippen LogP contribution in [0.1, 0.15) is 12.5 Å². The summed E-state index contributed by atoms with van der Waals surface area (Å²) < 4.78 is 7.97. The summed E-state index contributed by atoms with van der Waals surface area (Å²) in [6, 6.07) is 6.37. The first-order chi connectivity index (χ1) is 8.37. The van der Waals surface area contributed by atoms with Crippen molar-refractivity contribution in [1.29, 1.82) is 0 Å². The SMILES string of the molecule is COc1cccc(C(=[N+]=[N-])C(=O)OC(C)(Cl)Cl)c1. The molecule has 0 radical (unpaired) electrons. The largest absolute Gasteiger partial charge is 0.497 e. The van der Waals surface area contributed by atoms with Gasteiger partial charge in [-0.1, -0.05) is 29.3 Å². The molecule has 0 N–H and O–H groups in total. The van der Waals surface area contributed by atoms with E-state index in [1.165, 1.54) is 20.1 Å². The molecule has 0 atom stereocenters. The molecule has 0 saturated carbocycles. The zero-order valence-electron chi connectivity index (χ0n) is 9.68. The van der Waals surface area contributed by atoms with Gasteiger partial charge in [-0.2, -0.15) is 4.79 Å². The molecule has 0 amide bonds. The number of carbonyl (C=O) groups excluding carboxylic acids is 1. The topological polar surface area (TPSA) is 71.9 Å². The number of methoxy groups -OCH3 is 1. The average molecular weight is 289 g/mol. The van der Waals surface area contributed by atoms with Crippen molar-refractivity contribution in [1.82, 2.24) is 0 Å². The maximum atomic E-state index is 11.7. The number of alkyl halides is 2. The third kappa shape index (κ3) is 4.04. The van der Waals surface area contributed by atoms with E-state index in [-0.39, 0.29) is 5.71 Å². The predicted molar refractivity (Wildman–Crippen MR) is 66.9 cm³/mol. The minimum atomic E-state index is -1.70. The smallest absolute Gasteiger partial charge is 0.424 e. The zero-order valence-corrected chi connectivity index (χ0v) is 11.2. The summed E-state index contributed by atoms with van der Waals surface area (Å²) in [4.78, 5) is 14.6. The van der Waals surface area contributed by atoms with Crippen LogP contribution in [0.25, 0.3) is 5.53 Å². The Bertz CT molecular complexity index is 505. The molecule has 0 aliphatic rings. The molecule has 0 aliphatic heterocycles. The highest BCUT2D eigenvalue weighted by Crippen LogP contribution is 2.22. The Balaban J connectivity index is 3.04. The molecular weight excluding hydrogens is 279 g/mol. The number of hydrogen-bond acceptors (Lipinski definition) is 3. The van der Waals surface area contributed by atoms with Crippen molar-refractivity contribution in [2.24, 2.45) is 0 Å². The summed E-state index contributed by atoms with van der Waals surface area (Å²) in [6.07, 6.45) is 0. The highest BCUT2D eigenvalue weighted by Gasteiger charge is 2.31. The van der Waals surface area contributed by atoms with Gasteiger partial charge in [-0.3, -0.25) is 0 Å². The normalized spacial score (nSPS) is 10.4. The molecule has 1 aromatic rings. The summed E-state index contributed by atoms with van der Waals surface area (Å²) in [6.45, 7) is 1.27. The number of esters is 1. The van der Waals surface area contributed by atoms with Crippen molar-refractivity contribution < 1.29 is 19.1 Å². The van der Waals surface area contributed by atoms with Crippen LogP contribution in [0.3, 0.4) is 0 Å². The number of nitrogens with zero attached hydrogens (tertiary/aromatic N) is 2. The Labute approximate surface area is 114 Å². The molecule has 1 rings (SSSR count). The number of hydrogen-bond donors (Lipinski definition) is 0. The van der Waals surface area contributed by atoms with Crippen molar-refractivity contribution in [3.05, 3.63) is 35.4 Å². The van der Waals surface area contributed by atoms with Gasteiger partial charge in [-0.25, -0.2) is 4.79 Å². The van der Waals surface area contributed by atoms with Crippen LogP contribution in [0.5, 0.6) is 5.75 Å². The molecule has 0 fully saturated rings. The molecule has 0 spiro atoms. The average Bonchev–Trinajstić information content (AvgIpc) is 2.28. The van der Waals surface area contributed by atoms with Crippen LogP contribution in [0, 0.1) is 0 Å². The lowest BCUT2D eigenvalue weighted by molar-refractivity contribution is -0.143. The quantitative estimate of drug-likeness (QED) is 0.281. The maximum absolute atomic E-state index is 11.7. The highest BCUT2D eigenvalue weighted by molar-refractivity contribution is 6.49. The van der Waals surface area contributed by atoms with Gasteiger partial charge in [0, 0.05) is 6.92 Å². The van der Waals surface area contributed by atoms with Crippen molar-refractivity contribution in [2.75, 3.05) is 7.11 Å². The van der Waals surface area contributed by atoms with Gasteiger partial charge in [0.15, 0.2) is 0 Å². The molecule has 18 heavy (non-hydrogen) atoms. The first kappa shape index (κ1) is 14.5. The fourth-order valence-corrected chi connectivity index (χ4v) is 1.34. The number of benzene rings is 1. The first-order valence-electron chi connectivity index (χ1n) is 4.85. The van der Waals surface area contributed by atoms with Crippen LogP contribution in [0.2, 0.25) is 0 Å². The van der Waals surface area contributed by atoms with Gasteiger partial charge < -0.3 is 15.0 Å². The van der Waals surface area contributed by atoms with Crippen LogP contribution in [-0.4, -0.2) is 28.1 Å². The minimum Gasteiger partial charge on any atom is -0.497 e. The van der Waals surface area contributed by atoms with Gasteiger partial charge in [0.25, 0.3) is 4.52 Å². The van der Waals surface area contributed by atoms with Gasteiger partial charge in [0.05, 0.1) is 12.7 Å². The lowest BCUT2D eigenvalue weighted by atomic mass is 10.1. The molecule has 0 bridgehead atoms. The molecule has 0 unspecified atom stereocenters. The predicted octanol–water partition coefficient (Wildman–Crippen LogP) is 2.41. The van der Waals surface area contributed by atoms with Gasteiger partial charge in [0.1, 0.15) is 5.75 Å². The van der Waals surface area contributed by atoms with E-state index in [9.17, 15) is 4.79 Å². The monoisotopic (exact) mass is 288 g/mol. The summed E-state index contributed by atoms with van der Waals surface area (Å²) in [7, 11) is 1.47. The second kappa shape index (κ2) is 5.87. The first-order valence-corrected chi connectivity index (χ1v) is 5.60. The Hall–Kier alpha value is -1.55. The number of ether oxygens (including phenoxy) is 2. The number of halogens is 2. The van der Waals surface area contributed by atoms with E-state index in [0.717, 1.165) is 0 Å². The van der Waals surface area contributed by atoms with Gasteiger partial charge in [0.2, 0.25) is 0 Å². The van der Waals surface area contributed by atoms with Crippen molar-refractivity contribution in [3.63, 3.8) is 0 Å². The summed E-state index contributed by atoms with van der Waals surface area (Å²) in [5.74, 6) is -0.445. The zero-order chi connectivity index (χ0) is 13.8. The van der Waals surface area contributed by atoms with E-state index < -0.39 is 10.5 Å². The van der Waals surface area contributed by atoms with Crippen LogP contribution >= 0.6 is 23.2 Å². The Morgan fingerprint density at radius 2 is 2.11 bits per heavy atom. The van der Waals surface area contributed by atoms with E-state index in [1.807, 2.05) is 0 Å². The van der Waals surface area contributed by atoms with Crippen LogP contribution in [0.4, 0.5) is 0 Å². The molecule has 5 nitrogen and oxygen atoms in total. The molecule has 0 heterocycles. The fourth-order valence-electron chi connectivity index (χ4n) is 1.20. The van der Waals surface area contributed by atoms with Crippen LogP contribution < -0.4 is 4.74 Å². The lowest BCUT2D eigenvalue weighted by Gasteiger charge is -2.12. The van der Waals surface area contributed by atoms with E-state index in [4.69, 9.17) is 33.5 Å². The van der Waals surface area contributed by atoms with E-state index in [0.29, 0.717) is 11.3 Å². The van der Waals surface area contributed by atoms with E-state index in [2.05, 4.69) is 9.53 Å². The molecule has 0 saturated heterocycles. The van der Waals surface area contributed by atoms with Crippen molar-refractivity contribution in [3.8, 4) is 5.75 Å². The number of carbonyl (C=O) groups is 1. The Morgan fingerprint density at radius 3 is 2.61 bits per heavy atom. The van der Waals surface area contributed by atoms with Crippen LogP contribution in [-0.2, 0) is 9.53 Å². The van der Waals surface area contributed by atoms with Crippen molar-refractivity contribution >= 4 is 34.9 Å². The fraction of sp³-hybridized carbons (Fsp3) is 0.273. The van der Waals surface area contributed by atoms with E-state index in [1.54, 1.807) is 18.2 Å². The molecule has 7 heteroatoms. The second-order valence-electron chi connectivity index (χ2n) is 3.38. The molecule has 0 aromatic heterocycles. The lowest BCUT2D eigenvalue weighted by Crippen LogP contribution is -2.26.